The Labute approximate surface area is 157 Å². The van der Waals surface area contributed by atoms with Gasteiger partial charge < -0.3 is 19.9 Å². The number of para-hydroxylation sites is 1. The number of likely N-dealkylation sites (N-methyl/N-ethyl adjacent to an activating group) is 1. The molecule has 26 heavy (non-hydrogen) atoms. The summed E-state index contributed by atoms with van der Waals surface area (Å²) in [6.45, 7) is 4.99. The standard InChI is InChI=1S/C20H32N4O2/c1-4-5-13-21-20(22-16-19(25)23(2)3)24-14-11-18(12-15-24)26-17-9-7-6-8-10-17/h6-10,18H,4-5,11-16H2,1-3H3,(H,21,22). The van der Waals surface area contributed by atoms with Crippen LogP contribution in [0.1, 0.15) is 32.6 Å². The topological polar surface area (TPSA) is 57.2 Å². The molecule has 0 aromatic heterocycles. The van der Waals surface area contributed by atoms with Gasteiger partial charge in [-0.15, -0.1) is 0 Å². The number of hydrogen-bond donors (Lipinski definition) is 1. The first-order valence-electron chi connectivity index (χ1n) is 9.55. The Morgan fingerprint density at radius 3 is 2.58 bits per heavy atom. The van der Waals surface area contributed by atoms with Crippen LogP contribution in [0.5, 0.6) is 5.75 Å². The van der Waals surface area contributed by atoms with Crippen molar-refractivity contribution >= 4 is 11.9 Å². The van der Waals surface area contributed by atoms with Crippen LogP contribution < -0.4 is 10.1 Å². The van der Waals surface area contributed by atoms with E-state index in [-0.39, 0.29) is 18.6 Å². The largest absolute Gasteiger partial charge is 0.490 e. The summed E-state index contributed by atoms with van der Waals surface area (Å²) in [4.78, 5) is 20.2. The Morgan fingerprint density at radius 1 is 1.27 bits per heavy atom. The Morgan fingerprint density at radius 2 is 1.96 bits per heavy atom. The third-order valence-corrected chi connectivity index (χ3v) is 4.46. The van der Waals surface area contributed by atoms with Crippen LogP contribution in [0.2, 0.25) is 0 Å². The van der Waals surface area contributed by atoms with E-state index in [4.69, 9.17) is 4.74 Å². The van der Waals surface area contributed by atoms with Crippen LogP contribution in [0.3, 0.4) is 0 Å². The molecule has 6 nitrogen and oxygen atoms in total. The highest BCUT2D eigenvalue weighted by molar-refractivity contribution is 5.84. The molecule has 0 aliphatic carbocycles. The summed E-state index contributed by atoms with van der Waals surface area (Å²) in [5.41, 5.74) is 0. The summed E-state index contributed by atoms with van der Waals surface area (Å²) in [5, 5.41) is 3.41. The van der Waals surface area contributed by atoms with Crippen molar-refractivity contribution in [2.75, 3.05) is 40.3 Å². The molecule has 1 fully saturated rings. The number of hydrogen-bond acceptors (Lipinski definition) is 3. The average Bonchev–Trinajstić information content (AvgIpc) is 2.66. The molecular formula is C20H32N4O2. The molecule has 0 spiro atoms. The molecule has 6 heteroatoms. The van der Waals surface area contributed by atoms with Gasteiger partial charge in [0.05, 0.1) is 0 Å². The maximum atomic E-state index is 11.9. The van der Waals surface area contributed by atoms with Crippen molar-refractivity contribution in [3.8, 4) is 5.75 Å². The zero-order valence-corrected chi connectivity index (χ0v) is 16.3. The molecule has 144 valence electrons. The van der Waals surface area contributed by atoms with Gasteiger partial charge in [0.25, 0.3) is 0 Å². The van der Waals surface area contributed by atoms with Crippen molar-refractivity contribution in [2.45, 2.75) is 38.7 Å². The minimum absolute atomic E-state index is 0.0158. The predicted octanol–water partition coefficient (Wildman–Crippen LogP) is 2.36. The second-order valence-corrected chi connectivity index (χ2v) is 6.83. The summed E-state index contributed by atoms with van der Waals surface area (Å²) in [7, 11) is 3.52. The number of amides is 1. The molecule has 1 N–H and O–H groups in total. The van der Waals surface area contributed by atoms with E-state index in [9.17, 15) is 4.79 Å². The molecule has 2 rings (SSSR count). The van der Waals surface area contributed by atoms with Gasteiger partial charge in [-0.3, -0.25) is 4.79 Å². The highest BCUT2D eigenvalue weighted by Gasteiger charge is 2.23. The number of unbranched alkanes of at least 4 members (excludes halogenated alkanes) is 1. The number of carbonyl (C=O) groups is 1. The molecule has 1 saturated heterocycles. The normalized spacial score (nSPS) is 15.7. The molecular weight excluding hydrogens is 328 g/mol. The molecule has 0 unspecified atom stereocenters. The molecule has 1 aliphatic heterocycles. The van der Waals surface area contributed by atoms with E-state index < -0.39 is 0 Å². The number of piperidine rings is 1. The number of benzene rings is 1. The van der Waals surface area contributed by atoms with Crippen LogP contribution in [-0.4, -0.2) is 68.0 Å². The Kier molecular flexibility index (Phi) is 8.25. The summed E-state index contributed by atoms with van der Waals surface area (Å²) in [6, 6.07) is 9.98. The number of rotatable bonds is 7. The zero-order valence-electron chi connectivity index (χ0n) is 16.3. The zero-order chi connectivity index (χ0) is 18.8. The molecule has 1 heterocycles. The van der Waals surface area contributed by atoms with Gasteiger partial charge in [-0.05, 0) is 18.6 Å². The molecule has 0 saturated carbocycles. The van der Waals surface area contributed by atoms with Gasteiger partial charge in [-0.1, -0.05) is 31.5 Å². The number of guanidine groups is 1. The highest BCUT2D eigenvalue weighted by atomic mass is 16.5. The maximum absolute atomic E-state index is 11.9. The molecule has 1 aromatic rings. The van der Waals surface area contributed by atoms with Crippen LogP contribution >= 0.6 is 0 Å². The molecule has 0 atom stereocenters. The molecule has 0 radical (unpaired) electrons. The van der Waals surface area contributed by atoms with Crippen LogP contribution in [0, 0.1) is 0 Å². The number of ether oxygens (including phenoxy) is 1. The molecule has 1 aliphatic rings. The minimum atomic E-state index is 0.0158. The summed E-state index contributed by atoms with van der Waals surface area (Å²) in [5.74, 6) is 1.78. The first-order valence-corrected chi connectivity index (χ1v) is 9.55. The smallest absolute Gasteiger partial charge is 0.243 e. The fourth-order valence-electron chi connectivity index (χ4n) is 2.81. The van der Waals surface area contributed by atoms with Crippen molar-refractivity contribution in [1.82, 2.24) is 15.1 Å². The van der Waals surface area contributed by atoms with E-state index in [1.54, 1.807) is 19.0 Å². The van der Waals surface area contributed by atoms with Gasteiger partial charge >= 0.3 is 0 Å². The van der Waals surface area contributed by atoms with Crippen molar-refractivity contribution in [1.29, 1.82) is 0 Å². The van der Waals surface area contributed by atoms with Gasteiger partial charge in [0, 0.05) is 46.6 Å². The third-order valence-electron chi connectivity index (χ3n) is 4.46. The number of aliphatic imine (C=N–C) groups is 1. The van der Waals surface area contributed by atoms with Crippen LogP contribution in [0.25, 0.3) is 0 Å². The van der Waals surface area contributed by atoms with Crippen LogP contribution in [-0.2, 0) is 4.79 Å². The average molecular weight is 361 g/mol. The van der Waals surface area contributed by atoms with Gasteiger partial charge in [-0.25, -0.2) is 4.99 Å². The van der Waals surface area contributed by atoms with E-state index in [0.29, 0.717) is 0 Å². The summed E-state index contributed by atoms with van der Waals surface area (Å²) >= 11 is 0. The number of nitrogens with one attached hydrogen (secondary N) is 1. The maximum Gasteiger partial charge on any atom is 0.243 e. The lowest BCUT2D eigenvalue weighted by molar-refractivity contribution is -0.127. The second kappa shape index (κ2) is 10.7. The summed E-state index contributed by atoms with van der Waals surface area (Å²) in [6.07, 6.45) is 4.35. The Hall–Kier alpha value is -2.24. The van der Waals surface area contributed by atoms with Crippen molar-refractivity contribution in [3.63, 3.8) is 0 Å². The monoisotopic (exact) mass is 360 g/mol. The van der Waals surface area contributed by atoms with Gasteiger partial charge in [0.2, 0.25) is 5.91 Å². The SMILES string of the molecule is CCCCNC(=NCC(=O)N(C)C)N1CCC(Oc2ccccc2)CC1. The van der Waals surface area contributed by atoms with E-state index >= 15 is 0 Å². The lowest BCUT2D eigenvalue weighted by Gasteiger charge is -2.34. The van der Waals surface area contributed by atoms with E-state index in [1.165, 1.54) is 0 Å². The van der Waals surface area contributed by atoms with Crippen molar-refractivity contribution in [2.24, 2.45) is 4.99 Å². The van der Waals surface area contributed by atoms with Gasteiger partial charge in [0.15, 0.2) is 5.96 Å². The van der Waals surface area contributed by atoms with Crippen LogP contribution in [0.15, 0.2) is 35.3 Å². The number of nitrogens with zero attached hydrogens (tertiary/aromatic N) is 3. The third kappa shape index (κ3) is 6.58. The van der Waals surface area contributed by atoms with E-state index in [0.717, 1.165) is 57.0 Å². The lowest BCUT2D eigenvalue weighted by atomic mass is 10.1. The first-order chi connectivity index (χ1) is 12.6. The van der Waals surface area contributed by atoms with Crippen molar-refractivity contribution < 1.29 is 9.53 Å². The fourth-order valence-corrected chi connectivity index (χ4v) is 2.81. The van der Waals surface area contributed by atoms with E-state index in [1.807, 2.05) is 30.3 Å². The first kappa shape index (κ1) is 20.1. The Balaban J connectivity index is 1.89. The van der Waals surface area contributed by atoms with Gasteiger partial charge in [0.1, 0.15) is 18.4 Å². The highest BCUT2D eigenvalue weighted by Crippen LogP contribution is 2.18. The lowest BCUT2D eigenvalue weighted by Crippen LogP contribution is -2.48. The summed E-state index contributed by atoms with van der Waals surface area (Å²) < 4.78 is 6.06. The fraction of sp³-hybridized carbons (Fsp3) is 0.600. The van der Waals surface area contributed by atoms with E-state index in [2.05, 4.69) is 22.1 Å². The van der Waals surface area contributed by atoms with Crippen molar-refractivity contribution in [3.05, 3.63) is 30.3 Å². The molecule has 1 aromatic carbocycles. The number of carbonyl (C=O) groups excluding carboxylic acids is 1. The second-order valence-electron chi connectivity index (χ2n) is 6.83. The Bertz CT molecular complexity index is 566. The minimum Gasteiger partial charge on any atom is -0.490 e. The number of likely N-dealkylation sites (tertiary alicyclic amines) is 1. The van der Waals surface area contributed by atoms with Crippen LogP contribution in [0.4, 0.5) is 0 Å². The quantitative estimate of drug-likeness (QED) is 0.461. The predicted molar refractivity (Wildman–Crippen MR) is 106 cm³/mol. The van der Waals surface area contributed by atoms with Gasteiger partial charge in [-0.2, -0.15) is 0 Å². The molecule has 1 amide bonds. The molecule has 0 bridgehead atoms.